The number of nitrogens with zero attached hydrogens (tertiary/aromatic N) is 1. The zero-order valence-corrected chi connectivity index (χ0v) is 8.19. The summed E-state index contributed by atoms with van der Waals surface area (Å²) in [6.45, 7) is 0. The van der Waals surface area contributed by atoms with Gasteiger partial charge in [0.25, 0.3) is 0 Å². The lowest BCUT2D eigenvalue weighted by Gasteiger charge is -1.97. The fourth-order valence-corrected chi connectivity index (χ4v) is 3.39. The third-order valence-corrected chi connectivity index (χ3v) is 4.04. The Kier molecular flexibility index (Phi) is 1.36. The Morgan fingerprint density at radius 2 is 1.85 bits per heavy atom. The van der Waals surface area contributed by atoms with E-state index in [2.05, 4.69) is 0 Å². The van der Waals surface area contributed by atoms with Crippen molar-refractivity contribution < 1.29 is 4.73 Å². The minimum Gasteiger partial charge on any atom is -0.618 e. The van der Waals surface area contributed by atoms with Crippen molar-refractivity contribution in [3.05, 3.63) is 34.3 Å². The lowest BCUT2D eigenvalue weighted by Crippen LogP contribution is -2.25. The van der Waals surface area contributed by atoms with E-state index in [9.17, 15) is 5.21 Å². The van der Waals surface area contributed by atoms with Crippen LogP contribution < -0.4 is 4.73 Å². The zero-order valence-electron chi connectivity index (χ0n) is 6.56. The highest BCUT2D eigenvalue weighted by molar-refractivity contribution is 7.25. The maximum absolute atomic E-state index is 11.5. The van der Waals surface area contributed by atoms with E-state index in [0.717, 1.165) is 20.3 Å². The molecule has 0 aromatic carbocycles. The number of fused-ring (bicyclic) bond motifs is 3. The monoisotopic (exact) mass is 207 g/mol. The Bertz CT molecular complexity index is 581. The molecular weight excluding hydrogens is 202 g/mol. The third-order valence-electron chi connectivity index (χ3n) is 2.04. The molecule has 4 heteroatoms. The van der Waals surface area contributed by atoms with E-state index in [0.29, 0.717) is 0 Å². The van der Waals surface area contributed by atoms with E-state index in [4.69, 9.17) is 0 Å². The van der Waals surface area contributed by atoms with Gasteiger partial charge in [-0.25, -0.2) is 0 Å². The van der Waals surface area contributed by atoms with Crippen LogP contribution in [0.3, 0.4) is 0 Å². The summed E-state index contributed by atoms with van der Waals surface area (Å²) in [7, 11) is 0. The Labute approximate surface area is 82.3 Å². The summed E-state index contributed by atoms with van der Waals surface area (Å²) in [5, 5.41) is 16.5. The van der Waals surface area contributed by atoms with Crippen LogP contribution in [0.2, 0.25) is 0 Å². The second-order valence-corrected chi connectivity index (χ2v) is 4.63. The number of aromatic nitrogens is 1. The first-order chi connectivity index (χ1) is 6.36. The van der Waals surface area contributed by atoms with E-state index in [1.165, 1.54) is 4.70 Å². The van der Waals surface area contributed by atoms with Crippen LogP contribution >= 0.6 is 22.7 Å². The van der Waals surface area contributed by atoms with Gasteiger partial charge in [-0.2, -0.15) is 4.73 Å². The van der Waals surface area contributed by atoms with Gasteiger partial charge in [0.05, 0.1) is 10.1 Å². The maximum atomic E-state index is 11.5. The topological polar surface area (TPSA) is 26.9 Å². The van der Waals surface area contributed by atoms with Crippen LogP contribution in [0.4, 0.5) is 0 Å². The molecule has 0 aliphatic carbocycles. The Morgan fingerprint density at radius 3 is 2.77 bits per heavy atom. The quantitative estimate of drug-likeness (QED) is 0.411. The summed E-state index contributed by atoms with van der Waals surface area (Å²) >= 11 is 3.31. The summed E-state index contributed by atoms with van der Waals surface area (Å²) in [6, 6.07) is 3.85. The summed E-state index contributed by atoms with van der Waals surface area (Å²) in [5.41, 5.74) is 0.778. The Balaban J connectivity index is 2.70. The Hall–Kier alpha value is -1.13. The molecule has 3 heterocycles. The lowest BCUT2D eigenvalue weighted by atomic mass is 10.3. The smallest absolute Gasteiger partial charge is 0.236 e. The SMILES string of the molecule is [O-][n+]1cc2ccsc2c2sccc21. The van der Waals surface area contributed by atoms with Crippen molar-refractivity contribution in [1.82, 2.24) is 0 Å². The molecule has 0 N–H and O–H groups in total. The standard InChI is InChI=1S/C9H5NOS2/c11-10-5-6-1-3-12-8(6)9-7(10)2-4-13-9/h1-5H. The van der Waals surface area contributed by atoms with Crippen molar-refractivity contribution in [2.24, 2.45) is 0 Å². The number of hydrogen-bond donors (Lipinski definition) is 0. The molecular formula is C9H5NOS2. The van der Waals surface area contributed by atoms with Gasteiger partial charge in [-0.15, -0.1) is 22.7 Å². The van der Waals surface area contributed by atoms with Gasteiger partial charge in [0.1, 0.15) is 4.70 Å². The molecule has 0 radical (unpaired) electrons. The van der Waals surface area contributed by atoms with Crippen LogP contribution in [0, 0.1) is 5.21 Å². The fourth-order valence-electron chi connectivity index (χ4n) is 1.45. The number of rotatable bonds is 0. The number of pyridine rings is 1. The summed E-state index contributed by atoms with van der Waals surface area (Å²) in [6.07, 6.45) is 1.64. The largest absolute Gasteiger partial charge is 0.618 e. The van der Waals surface area contributed by atoms with Crippen molar-refractivity contribution in [3.8, 4) is 0 Å². The van der Waals surface area contributed by atoms with Crippen molar-refractivity contribution >= 4 is 43.0 Å². The van der Waals surface area contributed by atoms with Gasteiger partial charge in [0.2, 0.25) is 5.52 Å². The molecule has 0 aliphatic heterocycles. The van der Waals surface area contributed by atoms with E-state index in [1.54, 1.807) is 28.9 Å². The third kappa shape index (κ3) is 0.897. The fraction of sp³-hybridized carbons (Fsp3) is 0. The maximum Gasteiger partial charge on any atom is 0.236 e. The molecule has 2 nitrogen and oxygen atoms in total. The van der Waals surface area contributed by atoms with Crippen LogP contribution in [0.1, 0.15) is 0 Å². The second kappa shape index (κ2) is 2.43. The van der Waals surface area contributed by atoms with Crippen molar-refractivity contribution in [2.45, 2.75) is 0 Å². The molecule has 3 aromatic rings. The van der Waals surface area contributed by atoms with E-state index in [1.807, 2.05) is 22.9 Å². The van der Waals surface area contributed by atoms with Crippen molar-refractivity contribution in [2.75, 3.05) is 0 Å². The highest BCUT2D eigenvalue weighted by Crippen LogP contribution is 2.30. The van der Waals surface area contributed by atoms with Crippen molar-refractivity contribution in [1.29, 1.82) is 0 Å². The zero-order chi connectivity index (χ0) is 8.84. The minimum absolute atomic E-state index is 0.778. The first-order valence-electron chi connectivity index (χ1n) is 3.83. The van der Waals surface area contributed by atoms with E-state index >= 15 is 0 Å². The van der Waals surface area contributed by atoms with Gasteiger partial charge in [-0.1, -0.05) is 0 Å². The number of thiophene rings is 2. The predicted octanol–water partition coefficient (Wildman–Crippen LogP) is 2.75. The molecule has 0 bridgehead atoms. The van der Waals surface area contributed by atoms with Gasteiger partial charge in [0.15, 0.2) is 6.20 Å². The van der Waals surface area contributed by atoms with Crippen LogP contribution in [0.25, 0.3) is 20.3 Å². The van der Waals surface area contributed by atoms with Crippen LogP contribution in [0.15, 0.2) is 29.1 Å². The normalized spacial score (nSPS) is 11.4. The first kappa shape index (κ1) is 7.29. The average molecular weight is 207 g/mol. The lowest BCUT2D eigenvalue weighted by molar-refractivity contribution is -0.575. The molecule has 3 aromatic heterocycles. The molecule has 0 amide bonds. The molecule has 0 saturated carbocycles. The summed E-state index contributed by atoms with van der Waals surface area (Å²) < 4.78 is 3.26. The molecule has 13 heavy (non-hydrogen) atoms. The summed E-state index contributed by atoms with van der Waals surface area (Å²) in [5.74, 6) is 0. The summed E-state index contributed by atoms with van der Waals surface area (Å²) in [4.78, 5) is 0. The van der Waals surface area contributed by atoms with Gasteiger partial charge >= 0.3 is 0 Å². The molecule has 0 spiro atoms. The van der Waals surface area contributed by atoms with Gasteiger partial charge < -0.3 is 5.21 Å². The predicted molar refractivity (Wildman–Crippen MR) is 56.2 cm³/mol. The second-order valence-electron chi connectivity index (χ2n) is 2.79. The molecule has 0 aliphatic rings. The Morgan fingerprint density at radius 1 is 1.08 bits per heavy atom. The van der Waals surface area contributed by atoms with Crippen LogP contribution in [-0.2, 0) is 0 Å². The molecule has 0 atom stereocenters. The van der Waals surface area contributed by atoms with Gasteiger partial charge in [0, 0.05) is 6.07 Å². The van der Waals surface area contributed by atoms with E-state index in [-0.39, 0.29) is 0 Å². The van der Waals surface area contributed by atoms with E-state index < -0.39 is 0 Å². The highest BCUT2D eigenvalue weighted by Gasteiger charge is 2.10. The van der Waals surface area contributed by atoms with Gasteiger partial charge in [-0.3, -0.25) is 0 Å². The minimum atomic E-state index is 0.778. The molecule has 0 fully saturated rings. The number of hydrogen-bond acceptors (Lipinski definition) is 3. The van der Waals surface area contributed by atoms with Gasteiger partial charge in [-0.05, 0) is 16.8 Å². The molecule has 0 saturated heterocycles. The first-order valence-corrected chi connectivity index (χ1v) is 5.59. The average Bonchev–Trinajstić information content (AvgIpc) is 2.66. The molecule has 3 rings (SSSR count). The molecule has 64 valence electrons. The van der Waals surface area contributed by atoms with Crippen LogP contribution in [0.5, 0.6) is 0 Å². The van der Waals surface area contributed by atoms with Crippen LogP contribution in [-0.4, -0.2) is 0 Å². The van der Waals surface area contributed by atoms with Crippen molar-refractivity contribution in [3.63, 3.8) is 0 Å². The molecule has 0 unspecified atom stereocenters. The highest BCUT2D eigenvalue weighted by atomic mass is 32.1.